The molecule has 2 aliphatic rings. The lowest BCUT2D eigenvalue weighted by Crippen LogP contribution is -2.29. The first kappa shape index (κ1) is 20.8. The zero-order valence-corrected chi connectivity index (χ0v) is 18.2. The van der Waals surface area contributed by atoms with E-state index in [0.717, 1.165) is 16.1 Å². The number of para-hydroxylation sites is 1. The Balaban J connectivity index is 1.33. The summed E-state index contributed by atoms with van der Waals surface area (Å²) < 4.78 is 49.9. The van der Waals surface area contributed by atoms with Gasteiger partial charge in [0.05, 0.1) is 19.0 Å². The van der Waals surface area contributed by atoms with E-state index in [1.54, 1.807) is 48.5 Å². The second-order valence-corrected chi connectivity index (χ2v) is 8.67. The van der Waals surface area contributed by atoms with E-state index in [-0.39, 0.29) is 12.7 Å². The molecule has 5 rings (SSSR count). The van der Waals surface area contributed by atoms with Crippen molar-refractivity contribution in [3.63, 3.8) is 0 Å². The molecule has 1 aromatic heterocycles. The zero-order valence-electron chi connectivity index (χ0n) is 17.3. The summed E-state index contributed by atoms with van der Waals surface area (Å²) in [6.45, 7) is 0.282. The summed E-state index contributed by atoms with van der Waals surface area (Å²) in [7, 11) is -2.31. The number of rotatable bonds is 6. The SMILES string of the molecule is COc1cccc(Oc2cccc3c2OC[C@H]3Oc2ccc(N3C=C(O)NS3(=O)=O)cc2)n1. The summed E-state index contributed by atoms with van der Waals surface area (Å²) in [5.74, 6) is 1.97. The number of hydrogen-bond donors (Lipinski definition) is 2. The highest BCUT2D eigenvalue weighted by Crippen LogP contribution is 2.43. The van der Waals surface area contributed by atoms with Gasteiger partial charge >= 0.3 is 10.2 Å². The molecule has 2 aromatic carbocycles. The highest BCUT2D eigenvalue weighted by molar-refractivity contribution is 7.91. The van der Waals surface area contributed by atoms with Crippen LogP contribution in [0.2, 0.25) is 0 Å². The second-order valence-electron chi connectivity index (χ2n) is 7.12. The van der Waals surface area contributed by atoms with Gasteiger partial charge in [0.15, 0.2) is 17.6 Å². The predicted octanol–water partition coefficient (Wildman–Crippen LogP) is 3.41. The quantitative estimate of drug-likeness (QED) is 0.564. The van der Waals surface area contributed by atoms with Crippen molar-refractivity contribution in [3.05, 3.63) is 78.3 Å². The first-order chi connectivity index (χ1) is 15.9. The maximum Gasteiger partial charge on any atom is 0.330 e. The molecular weight excluding hydrogens is 450 g/mol. The van der Waals surface area contributed by atoms with E-state index in [1.807, 2.05) is 16.9 Å². The minimum absolute atomic E-state index is 0.282. The maximum atomic E-state index is 12.0. The molecule has 1 atom stereocenters. The molecule has 11 heteroatoms. The van der Waals surface area contributed by atoms with Crippen molar-refractivity contribution < 1.29 is 32.5 Å². The number of benzene rings is 2. The van der Waals surface area contributed by atoms with Crippen LogP contribution in [0.4, 0.5) is 5.69 Å². The van der Waals surface area contributed by atoms with E-state index < -0.39 is 16.1 Å². The van der Waals surface area contributed by atoms with Crippen LogP contribution in [0.15, 0.2) is 72.7 Å². The number of nitrogens with zero attached hydrogens (tertiary/aromatic N) is 2. The number of nitrogens with one attached hydrogen (secondary N) is 1. The summed E-state index contributed by atoms with van der Waals surface area (Å²) >= 11 is 0. The van der Waals surface area contributed by atoms with Crippen LogP contribution in [0.25, 0.3) is 0 Å². The number of hydrogen-bond acceptors (Lipinski definition) is 8. The lowest BCUT2D eigenvalue weighted by molar-refractivity contribution is 0.162. The van der Waals surface area contributed by atoms with E-state index in [1.165, 1.54) is 7.11 Å². The Kier molecular flexibility index (Phi) is 5.09. The Morgan fingerprint density at radius 2 is 1.85 bits per heavy atom. The third-order valence-electron chi connectivity index (χ3n) is 4.96. The molecule has 0 radical (unpaired) electrons. The largest absolute Gasteiger partial charge is 0.493 e. The lowest BCUT2D eigenvalue weighted by Gasteiger charge is -2.16. The van der Waals surface area contributed by atoms with Gasteiger partial charge in [-0.05, 0) is 30.3 Å². The van der Waals surface area contributed by atoms with Crippen LogP contribution in [-0.2, 0) is 10.2 Å². The Hall–Kier alpha value is -4.12. The highest BCUT2D eigenvalue weighted by atomic mass is 32.2. The summed E-state index contributed by atoms with van der Waals surface area (Å²) in [4.78, 5) is 4.25. The van der Waals surface area contributed by atoms with Crippen molar-refractivity contribution in [2.75, 3.05) is 18.0 Å². The minimum Gasteiger partial charge on any atom is -0.493 e. The zero-order chi connectivity index (χ0) is 23.0. The van der Waals surface area contributed by atoms with Gasteiger partial charge in [0.25, 0.3) is 0 Å². The van der Waals surface area contributed by atoms with Crippen molar-refractivity contribution in [1.82, 2.24) is 9.71 Å². The van der Waals surface area contributed by atoms with Crippen LogP contribution in [0.3, 0.4) is 0 Å². The van der Waals surface area contributed by atoms with Crippen molar-refractivity contribution in [2.24, 2.45) is 0 Å². The van der Waals surface area contributed by atoms with E-state index in [4.69, 9.17) is 18.9 Å². The second kappa shape index (κ2) is 8.10. The average molecular weight is 469 g/mol. The number of pyridine rings is 1. The Labute approximate surface area is 189 Å². The van der Waals surface area contributed by atoms with E-state index in [2.05, 4.69) is 4.98 Å². The smallest absolute Gasteiger partial charge is 0.330 e. The van der Waals surface area contributed by atoms with Crippen LogP contribution < -0.4 is 28.0 Å². The minimum atomic E-state index is -3.85. The number of ether oxygens (including phenoxy) is 4. The molecule has 0 amide bonds. The third-order valence-corrected chi connectivity index (χ3v) is 6.26. The summed E-state index contributed by atoms with van der Waals surface area (Å²) in [6.07, 6.45) is 0.708. The van der Waals surface area contributed by atoms with Gasteiger partial charge in [0, 0.05) is 17.7 Å². The molecule has 0 fully saturated rings. The molecule has 0 unspecified atom stereocenters. The molecular formula is C22H19N3O7S. The third kappa shape index (κ3) is 4.05. The molecule has 0 aliphatic carbocycles. The number of fused-ring (bicyclic) bond motifs is 1. The molecule has 0 bridgehead atoms. The van der Waals surface area contributed by atoms with Gasteiger partial charge < -0.3 is 24.1 Å². The normalized spacial score (nSPS) is 18.0. The van der Waals surface area contributed by atoms with Gasteiger partial charge in [-0.25, -0.2) is 9.03 Å². The number of methoxy groups -OCH3 is 1. The molecule has 3 aromatic rings. The molecule has 2 aliphatic heterocycles. The van der Waals surface area contributed by atoms with Gasteiger partial charge in [-0.15, -0.1) is 0 Å². The molecule has 0 saturated heterocycles. The number of anilines is 1. The predicted molar refractivity (Wildman–Crippen MR) is 118 cm³/mol. The molecule has 33 heavy (non-hydrogen) atoms. The highest BCUT2D eigenvalue weighted by Gasteiger charge is 2.30. The number of aliphatic hydroxyl groups excluding tert-OH is 1. The maximum absolute atomic E-state index is 12.0. The van der Waals surface area contributed by atoms with E-state index in [9.17, 15) is 13.5 Å². The first-order valence-electron chi connectivity index (χ1n) is 9.87. The van der Waals surface area contributed by atoms with Gasteiger partial charge in [-0.3, -0.25) is 0 Å². The summed E-state index contributed by atoms with van der Waals surface area (Å²) in [5.41, 5.74) is 1.17. The fraction of sp³-hybridized carbons (Fsp3) is 0.136. The number of aromatic nitrogens is 1. The molecule has 3 heterocycles. The summed E-state index contributed by atoms with van der Waals surface area (Å²) in [5, 5.41) is 9.45. The standard InChI is InChI=1S/C22H19N3O7S/c1-29-20-6-3-7-21(23-20)32-17-5-2-4-16-18(13-30-22(16)17)31-15-10-8-14(9-11-15)25-12-19(26)24-33(25,27)28/h2-12,18,24,26H,13H2,1H3/t18-/m1/s1. The van der Waals surface area contributed by atoms with Gasteiger partial charge in [0.1, 0.15) is 12.4 Å². The van der Waals surface area contributed by atoms with Crippen LogP contribution in [-0.4, -0.2) is 32.2 Å². The molecule has 0 saturated carbocycles. The Bertz CT molecular complexity index is 1330. The fourth-order valence-electron chi connectivity index (χ4n) is 3.48. The molecule has 170 valence electrons. The van der Waals surface area contributed by atoms with Gasteiger partial charge in [-0.1, -0.05) is 18.2 Å². The van der Waals surface area contributed by atoms with Crippen molar-refractivity contribution in [2.45, 2.75) is 6.10 Å². The fourth-order valence-corrected chi connectivity index (χ4v) is 4.54. The van der Waals surface area contributed by atoms with Crippen molar-refractivity contribution in [3.8, 4) is 29.0 Å². The Morgan fingerprint density at radius 3 is 2.58 bits per heavy atom. The first-order valence-corrected chi connectivity index (χ1v) is 11.3. The van der Waals surface area contributed by atoms with E-state index in [0.29, 0.717) is 34.7 Å². The van der Waals surface area contributed by atoms with Gasteiger partial charge in [-0.2, -0.15) is 13.4 Å². The monoisotopic (exact) mass is 469 g/mol. The Morgan fingerprint density at radius 1 is 1.09 bits per heavy atom. The molecule has 10 nitrogen and oxygen atoms in total. The average Bonchev–Trinajstić information content (AvgIpc) is 3.34. The van der Waals surface area contributed by atoms with Crippen LogP contribution in [0.1, 0.15) is 11.7 Å². The number of aliphatic hydroxyl groups is 1. The lowest BCUT2D eigenvalue weighted by atomic mass is 10.1. The van der Waals surface area contributed by atoms with Crippen LogP contribution in [0.5, 0.6) is 29.0 Å². The van der Waals surface area contributed by atoms with Crippen LogP contribution >= 0.6 is 0 Å². The summed E-state index contributed by atoms with van der Waals surface area (Å²) in [6, 6.07) is 17.2. The molecule has 0 spiro atoms. The van der Waals surface area contributed by atoms with Crippen molar-refractivity contribution in [1.29, 1.82) is 0 Å². The van der Waals surface area contributed by atoms with Gasteiger partial charge in [0.2, 0.25) is 17.6 Å². The van der Waals surface area contributed by atoms with Crippen LogP contribution in [0, 0.1) is 0 Å². The van der Waals surface area contributed by atoms with E-state index >= 15 is 0 Å². The van der Waals surface area contributed by atoms with Crippen molar-refractivity contribution >= 4 is 15.9 Å². The molecule has 2 N–H and O–H groups in total. The topological polar surface area (TPSA) is 119 Å².